The van der Waals surface area contributed by atoms with Crippen molar-refractivity contribution in [2.24, 2.45) is 0 Å². The molecule has 0 spiro atoms. The van der Waals surface area contributed by atoms with E-state index in [1.807, 2.05) is 11.3 Å². The van der Waals surface area contributed by atoms with Gasteiger partial charge in [-0.3, -0.25) is 0 Å². The molecule has 21 heavy (non-hydrogen) atoms. The number of nitrogens with one attached hydrogen (secondary N) is 1. The lowest BCUT2D eigenvalue weighted by molar-refractivity contribution is 0.536. The Balaban J connectivity index is 2.21. The summed E-state index contributed by atoms with van der Waals surface area (Å²) in [6.07, 6.45) is 2.21. The van der Waals surface area contributed by atoms with Crippen molar-refractivity contribution in [3.63, 3.8) is 0 Å². The first kappa shape index (κ1) is 16.7. The van der Waals surface area contributed by atoms with Crippen molar-refractivity contribution in [3.8, 4) is 0 Å². The second kappa shape index (κ2) is 7.57. The van der Waals surface area contributed by atoms with E-state index in [9.17, 15) is 0 Å². The van der Waals surface area contributed by atoms with Crippen LogP contribution in [0, 0.1) is 20.8 Å². The van der Waals surface area contributed by atoms with E-state index >= 15 is 0 Å². The molecule has 0 amide bonds. The monoisotopic (exact) mass is 365 g/mol. The van der Waals surface area contributed by atoms with E-state index in [2.05, 4.69) is 73.2 Å². The number of thiophene rings is 1. The van der Waals surface area contributed by atoms with Gasteiger partial charge in [-0.1, -0.05) is 25.1 Å². The van der Waals surface area contributed by atoms with Crippen LogP contribution in [0.2, 0.25) is 0 Å². The van der Waals surface area contributed by atoms with Crippen LogP contribution in [0.4, 0.5) is 0 Å². The maximum atomic E-state index is 3.70. The van der Waals surface area contributed by atoms with E-state index in [1.54, 1.807) is 0 Å². The van der Waals surface area contributed by atoms with Gasteiger partial charge in [-0.25, -0.2) is 0 Å². The summed E-state index contributed by atoms with van der Waals surface area (Å²) in [5, 5.41) is 3.70. The minimum Gasteiger partial charge on any atom is -0.309 e. The summed E-state index contributed by atoms with van der Waals surface area (Å²) in [6, 6.07) is 9.53. The molecular formula is C18H24BrNS. The van der Waals surface area contributed by atoms with Crippen molar-refractivity contribution in [1.82, 2.24) is 5.32 Å². The number of benzene rings is 1. The van der Waals surface area contributed by atoms with E-state index in [1.165, 1.54) is 30.9 Å². The zero-order valence-corrected chi connectivity index (χ0v) is 15.7. The summed E-state index contributed by atoms with van der Waals surface area (Å²) in [5.41, 5.74) is 5.49. The molecule has 3 heteroatoms. The molecule has 0 fully saturated rings. The molecule has 0 aliphatic heterocycles. The lowest BCUT2D eigenvalue weighted by Gasteiger charge is -2.18. The van der Waals surface area contributed by atoms with Gasteiger partial charge < -0.3 is 5.32 Å². The predicted molar refractivity (Wildman–Crippen MR) is 97.4 cm³/mol. The normalized spacial score (nSPS) is 12.6. The third kappa shape index (κ3) is 4.41. The Hall–Kier alpha value is -0.640. The lowest BCUT2D eigenvalue weighted by atomic mass is 10.00. The first-order valence-electron chi connectivity index (χ1n) is 7.56. The zero-order chi connectivity index (χ0) is 15.4. The number of aryl methyl sites for hydroxylation is 3. The van der Waals surface area contributed by atoms with Crippen molar-refractivity contribution in [2.75, 3.05) is 6.54 Å². The Bertz CT molecular complexity index is 584. The Morgan fingerprint density at radius 3 is 2.43 bits per heavy atom. The Morgan fingerprint density at radius 2 is 1.86 bits per heavy atom. The van der Waals surface area contributed by atoms with Gasteiger partial charge in [-0.15, -0.1) is 11.3 Å². The van der Waals surface area contributed by atoms with Gasteiger partial charge in [-0.2, -0.15) is 0 Å². The Kier molecular flexibility index (Phi) is 6.03. The van der Waals surface area contributed by atoms with Crippen LogP contribution in [-0.2, 0) is 6.42 Å². The molecule has 2 rings (SSSR count). The average Bonchev–Trinajstić information content (AvgIpc) is 2.78. The van der Waals surface area contributed by atoms with Gasteiger partial charge in [0.05, 0.1) is 3.79 Å². The minimum atomic E-state index is 0.405. The number of hydrogen-bond acceptors (Lipinski definition) is 2. The van der Waals surface area contributed by atoms with Crippen molar-refractivity contribution >= 4 is 27.3 Å². The maximum Gasteiger partial charge on any atom is 0.0731 e. The maximum absolute atomic E-state index is 3.70. The predicted octanol–water partition coefficient (Wildman–Crippen LogP) is 5.72. The van der Waals surface area contributed by atoms with E-state index in [0.717, 1.165) is 19.4 Å². The molecule has 0 bridgehead atoms. The largest absolute Gasteiger partial charge is 0.309 e. The molecule has 0 saturated heterocycles. The third-order valence-corrected chi connectivity index (χ3v) is 6.12. The second-order valence-corrected chi connectivity index (χ2v) is 8.14. The molecule has 1 N–H and O–H groups in total. The fraction of sp³-hybridized carbons (Fsp3) is 0.444. The average molecular weight is 366 g/mol. The summed E-state index contributed by atoms with van der Waals surface area (Å²) in [6.45, 7) is 9.81. The van der Waals surface area contributed by atoms with Crippen LogP contribution in [0.15, 0.2) is 28.1 Å². The van der Waals surface area contributed by atoms with Gasteiger partial charge in [-0.05, 0) is 84.4 Å². The molecule has 1 aromatic heterocycles. The van der Waals surface area contributed by atoms with E-state index in [4.69, 9.17) is 0 Å². The molecular weight excluding hydrogens is 342 g/mol. The number of rotatable bonds is 6. The van der Waals surface area contributed by atoms with Crippen LogP contribution in [0.1, 0.15) is 46.5 Å². The summed E-state index contributed by atoms with van der Waals surface area (Å²) in [4.78, 5) is 1.42. The molecule has 2 aromatic rings. The molecule has 1 aromatic carbocycles. The summed E-state index contributed by atoms with van der Waals surface area (Å²) >= 11 is 5.50. The van der Waals surface area contributed by atoms with E-state index in [0.29, 0.717) is 6.04 Å². The van der Waals surface area contributed by atoms with Crippen LogP contribution in [0.25, 0.3) is 0 Å². The molecule has 114 valence electrons. The van der Waals surface area contributed by atoms with E-state index < -0.39 is 0 Å². The fourth-order valence-corrected chi connectivity index (χ4v) is 4.06. The zero-order valence-electron chi connectivity index (χ0n) is 13.3. The lowest BCUT2D eigenvalue weighted by Crippen LogP contribution is -2.23. The molecule has 0 aliphatic rings. The standard InChI is InChI=1S/C18H24BrNS/c1-5-8-20-16(17-10-14(4)18(19)21-17)11-15-7-6-12(2)13(3)9-15/h6-7,9-10,16,20H,5,8,11H2,1-4H3. The second-order valence-electron chi connectivity index (χ2n) is 5.73. The topological polar surface area (TPSA) is 12.0 Å². The molecule has 1 atom stereocenters. The van der Waals surface area contributed by atoms with Crippen LogP contribution < -0.4 is 5.32 Å². The van der Waals surface area contributed by atoms with Crippen LogP contribution >= 0.6 is 27.3 Å². The van der Waals surface area contributed by atoms with Crippen LogP contribution in [-0.4, -0.2) is 6.54 Å². The Labute approximate surface area is 140 Å². The highest BCUT2D eigenvalue weighted by Crippen LogP contribution is 2.33. The highest BCUT2D eigenvalue weighted by atomic mass is 79.9. The number of hydrogen-bond donors (Lipinski definition) is 1. The van der Waals surface area contributed by atoms with Gasteiger partial charge in [0.15, 0.2) is 0 Å². The highest BCUT2D eigenvalue weighted by molar-refractivity contribution is 9.11. The number of halogens is 1. The quantitative estimate of drug-likeness (QED) is 0.690. The SMILES string of the molecule is CCCNC(Cc1ccc(C)c(C)c1)c1cc(C)c(Br)s1. The van der Waals surface area contributed by atoms with Gasteiger partial charge >= 0.3 is 0 Å². The fourth-order valence-electron chi connectivity index (χ4n) is 2.41. The summed E-state index contributed by atoms with van der Waals surface area (Å²) in [5.74, 6) is 0. The highest BCUT2D eigenvalue weighted by Gasteiger charge is 2.15. The third-order valence-electron chi connectivity index (χ3n) is 3.87. The van der Waals surface area contributed by atoms with Crippen molar-refractivity contribution in [1.29, 1.82) is 0 Å². The van der Waals surface area contributed by atoms with Crippen LogP contribution in [0.3, 0.4) is 0 Å². The molecule has 0 radical (unpaired) electrons. The van der Waals surface area contributed by atoms with Gasteiger partial charge in [0, 0.05) is 10.9 Å². The first-order chi connectivity index (χ1) is 10.0. The molecule has 0 saturated carbocycles. The molecule has 0 aliphatic carbocycles. The molecule has 1 heterocycles. The molecule has 1 unspecified atom stereocenters. The van der Waals surface area contributed by atoms with Crippen molar-refractivity contribution in [3.05, 3.63) is 55.2 Å². The van der Waals surface area contributed by atoms with E-state index in [-0.39, 0.29) is 0 Å². The van der Waals surface area contributed by atoms with Crippen LogP contribution in [0.5, 0.6) is 0 Å². The van der Waals surface area contributed by atoms with Crippen molar-refractivity contribution in [2.45, 2.75) is 46.6 Å². The minimum absolute atomic E-state index is 0.405. The van der Waals surface area contributed by atoms with Gasteiger partial charge in [0.1, 0.15) is 0 Å². The van der Waals surface area contributed by atoms with Crippen molar-refractivity contribution < 1.29 is 0 Å². The Morgan fingerprint density at radius 1 is 1.10 bits per heavy atom. The summed E-state index contributed by atoms with van der Waals surface area (Å²) < 4.78 is 1.25. The summed E-state index contributed by atoms with van der Waals surface area (Å²) in [7, 11) is 0. The van der Waals surface area contributed by atoms with Gasteiger partial charge in [0.2, 0.25) is 0 Å². The van der Waals surface area contributed by atoms with Gasteiger partial charge in [0.25, 0.3) is 0 Å². The molecule has 1 nitrogen and oxygen atoms in total. The smallest absolute Gasteiger partial charge is 0.0731 e. The first-order valence-corrected chi connectivity index (χ1v) is 9.17.